The fourth-order valence-electron chi connectivity index (χ4n) is 2.66. The highest BCUT2D eigenvalue weighted by molar-refractivity contribution is 5.79. The van der Waals surface area contributed by atoms with E-state index in [9.17, 15) is 9.59 Å². The summed E-state index contributed by atoms with van der Waals surface area (Å²) < 4.78 is 4.96. The Morgan fingerprint density at radius 3 is 2.85 bits per heavy atom. The van der Waals surface area contributed by atoms with Crippen LogP contribution < -0.4 is 5.32 Å². The molecule has 1 rings (SSSR count). The fraction of sp³-hybridized carbons (Fsp3) is 0.867. The van der Waals surface area contributed by atoms with Crippen molar-refractivity contribution in [3.05, 3.63) is 0 Å². The first-order valence-corrected chi connectivity index (χ1v) is 7.69. The molecular formula is C15H28N2O3. The maximum atomic E-state index is 12.2. The van der Waals surface area contributed by atoms with Crippen molar-refractivity contribution >= 4 is 11.9 Å². The van der Waals surface area contributed by atoms with E-state index in [0.29, 0.717) is 13.2 Å². The van der Waals surface area contributed by atoms with E-state index in [1.807, 2.05) is 0 Å². The largest absolute Gasteiger partial charge is 0.465 e. The van der Waals surface area contributed by atoms with Gasteiger partial charge in [-0.3, -0.25) is 14.5 Å². The summed E-state index contributed by atoms with van der Waals surface area (Å²) in [5.74, 6) is -0.00628. The van der Waals surface area contributed by atoms with Gasteiger partial charge in [0.2, 0.25) is 5.91 Å². The number of ether oxygens (including phenoxy) is 1. The van der Waals surface area contributed by atoms with Gasteiger partial charge in [0.1, 0.15) is 6.61 Å². The van der Waals surface area contributed by atoms with E-state index in [1.165, 1.54) is 6.92 Å². The summed E-state index contributed by atoms with van der Waals surface area (Å²) >= 11 is 0. The van der Waals surface area contributed by atoms with E-state index in [-0.39, 0.29) is 23.8 Å². The second-order valence-corrected chi connectivity index (χ2v) is 5.68. The lowest BCUT2D eigenvalue weighted by atomic mass is 9.96. The molecule has 0 aromatic carbocycles. The van der Waals surface area contributed by atoms with Crippen molar-refractivity contribution in [3.63, 3.8) is 0 Å². The lowest BCUT2D eigenvalue weighted by molar-refractivity contribution is -0.141. The monoisotopic (exact) mass is 284 g/mol. The highest BCUT2D eigenvalue weighted by atomic mass is 16.5. The van der Waals surface area contributed by atoms with Gasteiger partial charge in [-0.25, -0.2) is 0 Å². The van der Waals surface area contributed by atoms with Crippen molar-refractivity contribution in [2.24, 2.45) is 5.92 Å². The summed E-state index contributed by atoms with van der Waals surface area (Å²) in [6.07, 6.45) is 4.09. The molecule has 1 amide bonds. The molecule has 5 nitrogen and oxygen atoms in total. The van der Waals surface area contributed by atoms with Crippen LogP contribution in [0.3, 0.4) is 0 Å². The van der Waals surface area contributed by atoms with Gasteiger partial charge < -0.3 is 10.1 Å². The summed E-state index contributed by atoms with van der Waals surface area (Å²) in [5, 5.41) is 3.09. The number of hydrogen-bond acceptors (Lipinski definition) is 4. The Balaban J connectivity index is 2.32. The number of rotatable bonds is 7. The molecule has 1 heterocycles. The number of piperidine rings is 1. The van der Waals surface area contributed by atoms with Crippen LogP contribution in [0.4, 0.5) is 0 Å². The Kier molecular flexibility index (Phi) is 7.59. The van der Waals surface area contributed by atoms with Crippen LogP contribution in [0.2, 0.25) is 0 Å². The molecular weight excluding hydrogens is 256 g/mol. The highest BCUT2D eigenvalue weighted by Crippen LogP contribution is 2.16. The molecule has 1 saturated heterocycles. The Morgan fingerprint density at radius 1 is 1.45 bits per heavy atom. The summed E-state index contributed by atoms with van der Waals surface area (Å²) in [4.78, 5) is 25.1. The average Bonchev–Trinajstić information content (AvgIpc) is 2.39. The van der Waals surface area contributed by atoms with E-state index in [0.717, 1.165) is 38.8 Å². The number of likely N-dealkylation sites (tertiary alicyclic amines) is 1. The van der Waals surface area contributed by atoms with Gasteiger partial charge in [0.15, 0.2) is 0 Å². The predicted octanol–water partition coefficient (Wildman–Crippen LogP) is 1.57. The minimum Gasteiger partial charge on any atom is -0.465 e. The lowest BCUT2D eigenvalue weighted by Gasteiger charge is -2.32. The molecule has 0 saturated carbocycles. The first-order valence-electron chi connectivity index (χ1n) is 7.69. The molecule has 5 heteroatoms. The van der Waals surface area contributed by atoms with Gasteiger partial charge in [-0.1, -0.05) is 13.3 Å². The Labute approximate surface area is 122 Å². The molecule has 1 N–H and O–H groups in total. The standard InChI is InChI=1S/C15H28N2O3/c1-4-6-12(2)16-15(19)14-7-5-8-17(11-14)9-10-20-13(3)18/h12,14H,4-11H2,1-3H3,(H,16,19)/t12-,14-/m0/s1. The van der Waals surface area contributed by atoms with Crippen molar-refractivity contribution in [2.45, 2.75) is 52.5 Å². The molecule has 20 heavy (non-hydrogen) atoms. The third-order valence-corrected chi connectivity index (χ3v) is 3.70. The predicted molar refractivity (Wildman–Crippen MR) is 78.3 cm³/mol. The number of nitrogens with one attached hydrogen (secondary N) is 1. The summed E-state index contributed by atoms with van der Waals surface area (Å²) in [6.45, 7) is 8.48. The zero-order valence-electron chi connectivity index (χ0n) is 13.0. The normalized spacial score (nSPS) is 21.2. The third kappa shape index (κ3) is 6.37. The molecule has 0 bridgehead atoms. The van der Waals surface area contributed by atoms with Crippen LogP contribution in [-0.2, 0) is 14.3 Å². The molecule has 2 atom stereocenters. The van der Waals surface area contributed by atoms with Crippen molar-refractivity contribution in [2.75, 3.05) is 26.2 Å². The molecule has 0 unspecified atom stereocenters. The average molecular weight is 284 g/mol. The van der Waals surface area contributed by atoms with Crippen LogP contribution in [0.15, 0.2) is 0 Å². The molecule has 0 aromatic heterocycles. The Hall–Kier alpha value is -1.10. The van der Waals surface area contributed by atoms with Gasteiger partial charge in [0.05, 0.1) is 5.92 Å². The van der Waals surface area contributed by atoms with Crippen molar-refractivity contribution in [1.29, 1.82) is 0 Å². The zero-order chi connectivity index (χ0) is 15.0. The number of hydrogen-bond donors (Lipinski definition) is 1. The van der Waals surface area contributed by atoms with Crippen LogP contribution in [0.5, 0.6) is 0 Å². The van der Waals surface area contributed by atoms with Crippen LogP contribution in [0, 0.1) is 5.92 Å². The van der Waals surface area contributed by atoms with Crippen molar-refractivity contribution in [1.82, 2.24) is 10.2 Å². The van der Waals surface area contributed by atoms with Crippen LogP contribution >= 0.6 is 0 Å². The van der Waals surface area contributed by atoms with Gasteiger partial charge >= 0.3 is 5.97 Å². The quantitative estimate of drug-likeness (QED) is 0.721. The van der Waals surface area contributed by atoms with Crippen LogP contribution in [0.1, 0.15) is 46.5 Å². The van der Waals surface area contributed by atoms with Crippen molar-refractivity contribution in [3.8, 4) is 0 Å². The van der Waals surface area contributed by atoms with Crippen molar-refractivity contribution < 1.29 is 14.3 Å². The minimum absolute atomic E-state index is 0.0698. The molecule has 116 valence electrons. The van der Waals surface area contributed by atoms with E-state index >= 15 is 0 Å². The highest BCUT2D eigenvalue weighted by Gasteiger charge is 2.26. The first kappa shape index (κ1) is 17.0. The van der Waals surface area contributed by atoms with Gasteiger partial charge in [-0.05, 0) is 32.7 Å². The number of carbonyl (C=O) groups is 2. The second kappa shape index (κ2) is 8.95. The SMILES string of the molecule is CCC[C@H](C)NC(=O)[C@H]1CCCN(CCOC(C)=O)C1. The minimum atomic E-state index is -0.246. The Bertz CT molecular complexity index is 320. The summed E-state index contributed by atoms with van der Waals surface area (Å²) in [7, 11) is 0. The topological polar surface area (TPSA) is 58.6 Å². The Morgan fingerprint density at radius 2 is 2.20 bits per heavy atom. The summed E-state index contributed by atoms with van der Waals surface area (Å²) in [6, 6.07) is 0.254. The second-order valence-electron chi connectivity index (χ2n) is 5.68. The van der Waals surface area contributed by atoms with Crippen LogP contribution in [-0.4, -0.2) is 49.1 Å². The molecule has 0 aliphatic carbocycles. The maximum absolute atomic E-state index is 12.2. The van der Waals surface area contributed by atoms with Gasteiger partial charge in [0.25, 0.3) is 0 Å². The van der Waals surface area contributed by atoms with E-state index < -0.39 is 0 Å². The van der Waals surface area contributed by atoms with Gasteiger partial charge in [-0.15, -0.1) is 0 Å². The zero-order valence-corrected chi connectivity index (χ0v) is 13.0. The van der Waals surface area contributed by atoms with E-state index in [2.05, 4.69) is 24.1 Å². The number of esters is 1. The molecule has 0 aromatic rings. The molecule has 1 fully saturated rings. The molecule has 1 aliphatic heterocycles. The first-order chi connectivity index (χ1) is 9.52. The summed E-state index contributed by atoms with van der Waals surface area (Å²) in [5.41, 5.74) is 0. The molecule has 0 spiro atoms. The number of amides is 1. The van der Waals surface area contributed by atoms with Crippen LogP contribution in [0.25, 0.3) is 0 Å². The van der Waals surface area contributed by atoms with Gasteiger partial charge in [-0.2, -0.15) is 0 Å². The smallest absolute Gasteiger partial charge is 0.302 e. The molecule has 1 aliphatic rings. The third-order valence-electron chi connectivity index (χ3n) is 3.70. The fourth-order valence-corrected chi connectivity index (χ4v) is 2.66. The van der Waals surface area contributed by atoms with E-state index in [4.69, 9.17) is 4.74 Å². The van der Waals surface area contributed by atoms with E-state index in [1.54, 1.807) is 0 Å². The lowest BCUT2D eigenvalue weighted by Crippen LogP contribution is -2.46. The van der Waals surface area contributed by atoms with Gasteiger partial charge in [0, 0.05) is 26.1 Å². The molecule has 0 radical (unpaired) electrons. The number of carbonyl (C=O) groups excluding carboxylic acids is 2. The maximum Gasteiger partial charge on any atom is 0.302 e. The number of nitrogens with zero attached hydrogens (tertiary/aromatic N) is 1.